The first-order valence-electron chi connectivity index (χ1n) is 11.0. The smallest absolute Gasteiger partial charge is 0.232 e. The van der Waals surface area contributed by atoms with Crippen molar-refractivity contribution < 1.29 is 9.59 Å². The Bertz CT molecular complexity index is 469. The number of nitrogens with zero attached hydrogens (tertiary/aromatic N) is 1. The van der Waals surface area contributed by atoms with Gasteiger partial charge in [-0.2, -0.15) is 72.3 Å². The van der Waals surface area contributed by atoms with Crippen LogP contribution in [-0.4, -0.2) is 80.3 Å². The van der Waals surface area contributed by atoms with E-state index >= 15 is 0 Å². The van der Waals surface area contributed by atoms with E-state index in [0.717, 1.165) is 65.3 Å². The molecule has 0 aromatic rings. The fraction of sp³-hybridized carbons (Fsp3) is 0.905. The normalized spacial score (nSPS) is 17.8. The first-order valence-corrected chi connectivity index (χ1v) is 16.8. The van der Waals surface area contributed by atoms with E-state index in [9.17, 15) is 9.59 Å². The number of hydrogen-bond donors (Lipinski definition) is 2. The van der Waals surface area contributed by atoms with Crippen LogP contribution in [0.3, 0.4) is 0 Å². The number of imide groups is 1. The lowest BCUT2D eigenvalue weighted by Gasteiger charge is -2.18. The van der Waals surface area contributed by atoms with Gasteiger partial charge in [-0.05, 0) is 42.9 Å². The molecule has 0 aromatic heterocycles. The Balaban J connectivity index is 2.25. The van der Waals surface area contributed by atoms with E-state index in [2.05, 4.69) is 32.2 Å². The van der Waals surface area contributed by atoms with Crippen LogP contribution in [0.1, 0.15) is 45.4 Å². The standard InChI is InChI=1S/C21H39NO2S6/c1-2-4-19(30-16-15-29-12-9-26)6-5-18-17-20(23)22(21(18)24)7-3-10-27-13-14-28-11-8-25/h18-19,25-26H,2-17H2,1H3. The predicted molar refractivity (Wildman–Crippen MR) is 150 cm³/mol. The van der Waals surface area contributed by atoms with Crippen molar-refractivity contribution in [1.29, 1.82) is 0 Å². The summed E-state index contributed by atoms with van der Waals surface area (Å²) >= 11 is 16.3. The number of likely N-dealkylation sites (tertiary alicyclic amines) is 1. The molecule has 0 bridgehead atoms. The largest absolute Gasteiger partial charge is 0.282 e. The van der Waals surface area contributed by atoms with Crippen molar-refractivity contribution >= 4 is 84.1 Å². The minimum absolute atomic E-state index is 0.0437. The number of carbonyl (C=O) groups is 2. The summed E-state index contributed by atoms with van der Waals surface area (Å²) < 4.78 is 0. The fourth-order valence-corrected chi connectivity index (χ4v) is 8.20. The summed E-state index contributed by atoms with van der Waals surface area (Å²) in [5.74, 6) is 9.78. The lowest BCUT2D eigenvalue weighted by atomic mass is 9.99. The van der Waals surface area contributed by atoms with Crippen molar-refractivity contribution in [3.63, 3.8) is 0 Å². The Morgan fingerprint density at radius 1 is 0.933 bits per heavy atom. The molecular formula is C21H39NO2S6. The van der Waals surface area contributed by atoms with Gasteiger partial charge < -0.3 is 0 Å². The molecule has 0 saturated carbocycles. The van der Waals surface area contributed by atoms with Crippen molar-refractivity contribution in [3.05, 3.63) is 0 Å². The maximum absolute atomic E-state index is 12.7. The van der Waals surface area contributed by atoms with E-state index in [4.69, 9.17) is 0 Å². The van der Waals surface area contributed by atoms with Gasteiger partial charge in [0.1, 0.15) is 0 Å². The average Bonchev–Trinajstić information content (AvgIpc) is 3.01. The molecule has 0 aromatic carbocycles. The molecule has 2 atom stereocenters. The summed E-state index contributed by atoms with van der Waals surface area (Å²) in [6.45, 7) is 2.83. The van der Waals surface area contributed by atoms with Crippen LogP contribution in [0.15, 0.2) is 0 Å². The van der Waals surface area contributed by atoms with Gasteiger partial charge in [-0.15, -0.1) is 0 Å². The molecule has 1 aliphatic rings. The van der Waals surface area contributed by atoms with Crippen molar-refractivity contribution in [2.24, 2.45) is 5.92 Å². The summed E-state index contributed by atoms with van der Waals surface area (Å²) in [5.41, 5.74) is 0. The van der Waals surface area contributed by atoms with Crippen molar-refractivity contribution in [2.75, 3.05) is 58.3 Å². The Labute approximate surface area is 212 Å². The molecule has 1 rings (SSSR count). The third kappa shape index (κ3) is 13.1. The third-order valence-corrected chi connectivity index (χ3v) is 10.9. The summed E-state index contributed by atoms with van der Waals surface area (Å²) in [5, 5.41) is 0.611. The molecule has 2 amide bonds. The molecule has 3 nitrogen and oxygen atoms in total. The summed E-state index contributed by atoms with van der Waals surface area (Å²) in [4.78, 5) is 26.6. The van der Waals surface area contributed by atoms with Crippen LogP contribution in [0.4, 0.5) is 0 Å². The highest BCUT2D eigenvalue weighted by Crippen LogP contribution is 2.29. The quantitative estimate of drug-likeness (QED) is 0.123. The van der Waals surface area contributed by atoms with Gasteiger partial charge in [0, 0.05) is 58.7 Å². The summed E-state index contributed by atoms with van der Waals surface area (Å²) in [7, 11) is 0. The lowest BCUT2D eigenvalue weighted by Crippen LogP contribution is -2.32. The number of hydrogen-bond acceptors (Lipinski definition) is 8. The van der Waals surface area contributed by atoms with Gasteiger partial charge >= 0.3 is 0 Å². The minimum atomic E-state index is -0.0821. The second kappa shape index (κ2) is 19.7. The Morgan fingerprint density at radius 3 is 2.20 bits per heavy atom. The highest BCUT2D eigenvalue weighted by atomic mass is 32.2. The van der Waals surface area contributed by atoms with Gasteiger partial charge in [0.2, 0.25) is 11.8 Å². The molecule has 0 radical (unpaired) electrons. The molecule has 1 fully saturated rings. The zero-order chi connectivity index (χ0) is 22.0. The zero-order valence-corrected chi connectivity index (χ0v) is 23.3. The number of rotatable bonds is 20. The molecule has 2 unspecified atom stereocenters. The maximum atomic E-state index is 12.7. The molecule has 0 spiro atoms. The third-order valence-electron chi connectivity index (χ3n) is 4.88. The van der Waals surface area contributed by atoms with Crippen molar-refractivity contribution in [2.45, 2.75) is 50.7 Å². The number of thiol groups is 2. The molecule has 30 heavy (non-hydrogen) atoms. The van der Waals surface area contributed by atoms with Crippen LogP contribution >= 0.6 is 72.3 Å². The highest BCUT2D eigenvalue weighted by Gasteiger charge is 2.37. The Hall–Kier alpha value is 1.24. The van der Waals surface area contributed by atoms with Gasteiger partial charge in [0.05, 0.1) is 0 Å². The van der Waals surface area contributed by atoms with E-state index in [-0.39, 0.29) is 17.7 Å². The van der Waals surface area contributed by atoms with Crippen LogP contribution in [0.5, 0.6) is 0 Å². The topological polar surface area (TPSA) is 37.4 Å². The predicted octanol–water partition coefficient (Wildman–Crippen LogP) is 5.49. The molecule has 0 N–H and O–H groups in total. The van der Waals surface area contributed by atoms with Crippen LogP contribution in [0.25, 0.3) is 0 Å². The highest BCUT2D eigenvalue weighted by molar-refractivity contribution is 8.03. The van der Waals surface area contributed by atoms with Gasteiger partial charge in [-0.1, -0.05) is 13.3 Å². The van der Waals surface area contributed by atoms with Gasteiger partial charge in [-0.3, -0.25) is 14.5 Å². The van der Waals surface area contributed by atoms with Crippen LogP contribution in [-0.2, 0) is 9.59 Å². The number of carbonyl (C=O) groups excluding carboxylic acids is 2. The molecule has 1 aliphatic heterocycles. The Morgan fingerprint density at radius 2 is 1.57 bits per heavy atom. The van der Waals surface area contributed by atoms with Crippen LogP contribution in [0, 0.1) is 5.92 Å². The van der Waals surface area contributed by atoms with Gasteiger partial charge in [0.25, 0.3) is 0 Å². The molecule has 1 saturated heterocycles. The molecule has 1 heterocycles. The number of amides is 2. The van der Waals surface area contributed by atoms with Crippen LogP contribution < -0.4 is 0 Å². The molecule has 176 valence electrons. The minimum Gasteiger partial charge on any atom is -0.282 e. The van der Waals surface area contributed by atoms with Crippen molar-refractivity contribution in [3.8, 4) is 0 Å². The Kier molecular flexibility index (Phi) is 19.2. The first kappa shape index (κ1) is 29.3. The van der Waals surface area contributed by atoms with E-state index in [1.54, 1.807) is 0 Å². The van der Waals surface area contributed by atoms with E-state index in [1.807, 2.05) is 47.0 Å². The van der Waals surface area contributed by atoms with Crippen molar-refractivity contribution in [1.82, 2.24) is 4.90 Å². The monoisotopic (exact) mass is 529 g/mol. The van der Waals surface area contributed by atoms with E-state index in [0.29, 0.717) is 18.2 Å². The lowest BCUT2D eigenvalue weighted by molar-refractivity contribution is -0.139. The number of thioether (sulfide) groups is 4. The second-order valence-electron chi connectivity index (χ2n) is 7.28. The second-order valence-corrected chi connectivity index (χ2v) is 13.3. The average molecular weight is 530 g/mol. The van der Waals surface area contributed by atoms with Crippen LogP contribution in [0.2, 0.25) is 0 Å². The van der Waals surface area contributed by atoms with Gasteiger partial charge in [0.15, 0.2) is 0 Å². The SMILES string of the molecule is CCCC(CCC1CC(=O)N(CCCSCCSCCS)C1=O)SCCSCCS. The molecule has 9 heteroatoms. The van der Waals surface area contributed by atoms with E-state index in [1.165, 1.54) is 23.5 Å². The van der Waals surface area contributed by atoms with E-state index < -0.39 is 0 Å². The first-order chi connectivity index (χ1) is 14.6. The fourth-order valence-electron chi connectivity index (χ4n) is 3.38. The summed E-state index contributed by atoms with van der Waals surface area (Å²) in [6.07, 6.45) is 5.62. The van der Waals surface area contributed by atoms with Gasteiger partial charge in [-0.25, -0.2) is 0 Å². The summed E-state index contributed by atoms with van der Waals surface area (Å²) in [6, 6.07) is 0. The molecule has 0 aliphatic carbocycles. The molecular weight excluding hydrogens is 491 g/mol. The zero-order valence-electron chi connectivity index (χ0n) is 18.3. The maximum Gasteiger partial charge on any atom is 0.232 e.